The molecule has 0 fully saturated rings. The molecule has 0 bridgehead atoms. The van der Waals surface area contributed by atoms with Crippen LogP contribution in [0.2, 0.25) is 0 Å². The first kappa shape index (κ1) is 18.9. The van der Waals surface area contributed by atoms with Gasteiger partial charge in [-0.05, 0) is 24.6 Å². The minimum atomic E-state index is -0.298. The highest BCUT2D eigenvalue weighted by atomic mass is 32.2. The molecule has 2 rings (SSSR count). The Morgan fingerprint density at radius 2 is 1.96 bits per heavy atom. The molecule has 7 nitrogen and oxygen atoms in total. The van der Waals surface area contributed by atoms with Crippen LogP contribution in [0.15, 0.2) is 24.3 Å². The SMILES string of the molecule is C[C@H](SCc1nc(N)nc(N(C)C)n1)C(=O)NCc1ccc(F)cc1. The molecular weight excluding hydrogens is 343 g/mol. The first-order valence-corrected chi connectivity index (χ1v) is 8.71. The van der Waals surface area contributed by atoms with Crippen LogP contribution >= 0.6 is 11.8 Å². The topological polar surface area (TPSA) is 97.0 Å². The van der Waals surface area contributed by atoms with E-state index in [1.165, 1.54) is 23.9 Å². The second-order valence-electron chi connectivity index (χ2n) is 5.60. The third kappa shape index (κ3) is 5.86. The van der Waals surface area contributed by atoms with Gasteiger partial charge in [0.2, 0.25) is 17.8 Å². The number of thioether (sulfide) groups is 1. The summed E-state index contributed by atoms with van der Waals surface area (Å²) >= 11 is 1.41. The summed E-state index contributed by atoms with van der Waals surface area (Å²) in [6, 6.07) is 6.02. The van der Waals surface area contributed by atoms with Crippen molar-refractivity contribution >= 4 is 29.6 Å². The molecule has 25 heavy (non-hydrogen) atoms. The van der Waals surface area contributed by atoms with Gasteiger partial charge in [0.25, 0.3) is 0 Å². The molecule has 0 aliphatic carbocycles. The van der Waals surface area contributed by atoms with Crippen molar-refractivity contribution in [3.05, 3.63) is 41.5 Å². The molecule has 1 atom stereocenters. The molecule has 0 aliphatic heterocycles. The Morgan fingerprint density at radius 3 is 2.60 bits per heavy atom. The molecule has 1 aromatic heterocycles. The molecule has 1 amide bonds. The number of carbonyl (C=O) groups excluding carboxylic acids is 1. The Hall–Kier alpha value is -2.42. The molecular formula is C16H21FN6OS. The highest BCUT2D eigenvalue weighted by molar-refractivity contribution is 7.99. The van der Waals surface area contributed by atoms with Gasteiger partial charge in [0.1, 0.15) is 11.6 Å². The molecule has 0 saturated heterocycles. The fourth-order valence-electron chi connectivity index (χ4n) is 1.90. The molecule has 3 N–H and O–H groups in total. The van der Waals surface area contributed by atoms with Crippen molar-refractivity contribution in [2.45, 2.75) is 24.5 Å². The summed E-state index contributed by atoms with van der Waals surface area (Å²) in [5, 5.41) is 2.54. The summed E-state index contributed by atoms with van der Waals surface area (Å²) in [5.74, 6) is 1.20. The smallest absolute Gasteiger partial charge is 0.233 e. The van der Waals surface area contributed by atoms with Gasteiger partial charge in [-0.15, -0.1) is 11.8 Å². The van der Waals surface area contributed by atoms with Gasteiger partial charge in [0.05, 0.1) is 11.0 Å². The van der Waals surface area contributed by atoms with Gasteiger partial charge in [-0.25, -0.2) is 4.39 Å². The van der Waals surface area contributed by atoms with Crippen LogP contribution in [-0.4, -0.2) is 40.2 Å². The number of benzene rings is 1. The van der Waals surface area contributed by atoms with E-state index in [1.54, 1.807) is 17.0 Å². The minimum Gasteiger partial charge on any atom is -0.368 e. The average Bonchev–Trinajstić information content (AvgIpc) is 2.58. The molecule has 134 valence electrons. The maximum Gasteiger partial charge on any atom is 0.233 e. The summed E-state index contributed by atoms with van der Waals surface area (Å²) in [7, 11) is 3.63. The first-order valence-electron chi connectivity index (χ1n) is 7.66. The van der Waals surface area contributed by atoms with Crippen LogP contribution in [0.3, 0.4) is 0 Å². The van der Waals surface area contributed by atoms with Gasteiger partial charge < -0.3 is 16.0 Å². The molecule has 2 aromatic rings. The Labute approximate surface area is 150 Å². The Morgan fingerprint density at radius 1 is 1.28 bits per heavy atom. The fraction of sp³-hybridized carbons (Fsp3) is 0.375. The van der Waals surface area contributed by atoms with Crippen molar-refractivity contribution < 1.29 is 9.18 Å². The number of hydrogen-bond donors (Lipinski definition) is 2. The van der Waals surface area contributed by atoms with E-state index >= 15 is 0 Å². The van der Waals surface area contributed by atoms with E-state index in [1.807, 2.05) is 21.0 Å². The zero-order valence-electron chi connectivity index (χ0n) is 14.4. The number of halogens is 1. The predicted octanol–water partition coefficient (Wildman–Crippen LogP) is 1.60. The summed E-state index contributed by atoms with van der Waals surface area (Å²) in [6.45, 7) is 2.16. The van der Waals surface area contributed by atoms with Gasteiger partial charge in [-0.3, -0.25) is 4.79 Å². The lowest BCUT2D eigenvalue weighted by molar-refractivity contribution is -0.120. The molecule has 9 heteroatoms. The molecule has 0 aliphatic rings. The third-order valence-electron chi connectivity index (χ3n) is 3.30. The maximum absolute atomic E-state index is 12.9. The van der Waals surface area contributed by atoms with Gasteiger partial charge >= 0.3 is 0 Å². The Kier molecular flexibility index (Phi) is 6.51. The number of nitrogen functional groups attached to an aromatic ring is 1. The second kappa shape index (κ2) is 8.61. The van der Waals surface area contributed by atoms with E-state index < -0.39 is 0 Å². The summed E-state index contributed by atoms with van der Waals surface area (Å²) < 4.78 is 12.9. The van der Waals surface area contributed by atoms with Crippen LogP contribution in [0.4, 0.5) is 16.3 Å². The van der Waals surface area contributed by atoms with E-state index in [0.717, 1.165) is 5.56 Å². The minimum absolute atomic E-state index is 0.107. The number of hydrogen-bond acceptors (Lipinski definition) is 7. The summed E-state index contributed by atoms with van der Waals surface area (Å²) in [6.07, 6.45) is 0. The normalized spacial score (nSPS) is 11.8. The summed E-state index contributed by atoms with van der Waals surface area (Å²) in [5.41, 5.74) is 6.52. The van der Waals surface area contributed by atoms with Crippen molar-refractivity contribution in [2.75, 3.05) is 24.7 Å². The van der Waals surface area contributed by atoms with Crippen LogP contribution in [-0.2, 0) is 17.1 Å². The van der Waals surface area contributed by atoms with Crippen LogP contribution in [0, 0.1) is 5.82 Å². The highest BCUT2D eigenvalue weighted by Gasteiger charge is 2.15. The lowest BCUT2D eigenvalue weighted by Crippen LogP contribution is -2.30. The molecule has 0 saturated carbocycles. The van der Waals surface area contributed by atoms with Crippen molar-refractivity contribution in [3.63, 3.8) is 0 Å². The molecule has 1 aromatic carbocycles. The van der Waals surface area contributed by atoms with Gasteiger partial charge in [-0.2, -0.15) is 15.0 Å². The van der Waals surface area contributed by atoms with Crippen molar-refractivity contribution in [3.8, 4) is 0 Å². The van der Waals surface area contributed by atoms with E-state index in [2.05, 4.69) is 20.3 Å². The number of aromatic nitrogens is 3. The zero-order valence-corrected chi connectivity index (χ0v) is 15.2. The Bertz CT molecular complexity index is 725. The zero-order chi connectivity index (χ0) is 18.4. The summed E-state index contributed by atoms with van der Waals surface area (Å²) in [4.78, 5) is 26.3. The molecule has 0 radical (unpaired) electrons. The van der Waals surface area contributed by atoms with Gasteiger partial charge in [0.15, 0.2) is 0 Å². The van der Waals surface area contributed by atoms with E-state index in [-0.39, 0.29) is 22.9 Å². The standard InChI is InChI=1S/C16H21FN6OS/c1-10(14(24)19-8-11-4-6-12(17)7-5-11)25-9-13-20-15(18)22-16(21-13)23(2)3/h4-7,10H,8-9H2,1-3H3,(H,19,24)(H2,18,20,21,22)/t10-/m0/s1. The number of rotatable bonds is 7. The van der Waals surface area contributed by atoms with Crippen molar-refractivity contribution in [2.24, 2.45) is 0 Å². The maximum atomic E-state index is 12.9. The van der Waals surface area contributed by atoms with Crippen LogP contribution in [0.1, 0.15) is 18.3 Å². The van der Waals surface area contributed by atoms with Gasteiger partial charge in [0, 0.05) is 20.6 Å². The largest absolute Gasteiger partial charge is 0.368 e. The first-order chi connectivity index (χ1) is 11.8. The number of carbonyl (C=O) groups is 1. The van der Waals surface area contributed by atoms with Crippen molar-refractivity contribution in [1.29, 1.82) is 0 Å². The van der Waals surface area contributed by atoms with Crippen LogP contribution in [0.5, 0.6) is 0 Å². The average molecular weight is 364 g/mol. The number of nitrogens with one attached hydrogen (secondary N) is 1. The van der Waals surface area contributed by atoms with E-state index in [0.29, 0.717) is 24.1 Å². The number of anilines is 2. The Balaban J connectivity index is 1.85. The number of nitrogens with zero attached hydrogens (tertiary/aromatic N) is 4. The quantitative estimate of drug-likeness (QED) is 0.770. The van der Waals surface area contributed by atoms with Crippen molar-refractivity contribution in [1.82, 2.24) is 20.3 Å². The number of nitrogens with two attached hydrogens (primary N) is 1. The van der Waals surface area contributed by atoms with E-state index in [4.69, 9.17) is 5.73 Å². The third-order valence-corrected chi connectivity index (χ3v) is 4.44. The molecule has 0 spiro atoms. The monoisotopic (exact) mass is 364 g/mol. The van der Waals surface area contributed by atoms with Gasteiger partial charge in [-0.1, -0.05) is 12.1 Å². The molecule has 1 heterocycles. The fourth-order valence-corrected chi connectivity index (χ4v) is 2.66. The molecule has 0 unspecified atom stereocenters. The van der Waals surface area contributed by atoms with E-state index in [9.17, 15) is 9.18 Å². The lowest BCUT2D eigenvalue weighted by Gasteiger charge is -2.13. The predicted molar refractivity (Wildman–Crippen MR) is 97.6 cm³/mol. The van der Waals surface area contributed by atoms with Crippen LogP contribution < -0.4 is 16.0 Å². The highest BCUT2D eigenvalue weighted by Crippen LogP contribution is 2.17. The van der Waals surface area contributed by atoms with Crippen LogP contribution in [0.25, 0.3) is 0 Å². The lowest BCUT2D eigenvalue weighted by atomic mass is 10.2. The number of amides is 1. The second-order valence-corrected chi connectivity index (χ2v) is 6.93.